The summed E-state index contributed by atoms with van der Waals surface area (Å²) in [6, 6.07) is 12.9. The van der Waals surface area contributed by atoms with Gasteiger partial charge in [0.25, 0.3) is 11.5 Å². The maximum Gasteiger partial charge on any atom is 0.338 e. The van der Waals surface area contributed by atoms with Crippen molar-refractivity contribution in [2.45, 2.75) is 26.8 Å². The molecule has 39 heavy (non-hydrogen) atoms. The molecule has 3 aromatic rings. The minimum atomic E-state index is -0.869. The summed E-state index contributed by atoms with van der Waals surface area (Å²) in [5.74, 6) is -1.25. The lowest BCUT2D eigenvalue weighted by Gasteiger charge is -2.25. The SMILES string of the molecule is COC(=O)c1ccc(C2C(C(=O)OCC(C)C)=C(C)N=c3sc(=C4C(=O)N(C)c5ccccc54)c(=O)n32)cc1. The number of benzene rings is 2. The average molecular weight is 546 g/mol. The number of anilines is 1. The van der Waals surface area contributed by atoms with Crippen LogP contribution in [0, 0.1) is 5.92 Å². The summed E-state index contributed by atoms with van der Waals surface area (Å²) in [7, 11) is 2.97. The van der Waals surface area contributed by atoms with Gasteiger partial charge in [-0.3, -0.25) is 14.2 Å². The number of aromatic nitrogens is 1. The summed E-state index contributed by atoms with van der Waals surface area (Å²) in [5, 5.41) is 0. The Morgan fingerprint density at radius 3 is 2.41 bits per heavy atom. The number of amides is 1. The van der Waals surface area contributed by atoms with E-state index in [9.17, 15) is 19.2 Å². The number of carbonyl (C=O) groups excluding carboxylic acids is 3. The Kier molecular flexibility index (Phi) is 6.82. The van der Waals surface area contributed by atoms with Crippen molar-refractivity contribution in [3.05, 3.63) is 96.2 Å². The summed E-state index contributed by atoms with van der Waals surface area (Å²) >= 11 is 1.11. The van der Waals surface area contributed by atoms with Crippen LogP contribution in [0.1, 0.15) is 48.3 Å². The standard InChI is InChI=1S/C29H27N3O6S/c1-15(2)14-38-28(36)21-16(3)30-29-32(23(21)17-10-12-18(13-11-17)27(35)37-5)26(34)24(39-29)22-19-8-6-7-9-20(19)31(4)25(22)33/h6-13,15,23H,14H2,1-5H3. The van der Waals surface area contributed by atoms with Crippen molar-refractivity contribution in [2.24, 2.45) is 10.9 Å². The Hall–Kier alpha value is -4.31. The fourth-order valence-electron chi connectivity index (χ4n) is 4.78. The molecule has 9 nitrogen and oxygen atoms in total. The predicted octanol–water partition coefficient (Wildman–Crippen LogP) is 2.57. The molecule has 10 heteroatoms. The van der Waals surface area contributed by atoms with Gasteiger partial charge in [-0.15, -0.1) is 0 Å². The largest absolute Gasteiger partial charge is 0.465 e. The number of hydrogen-bond donors (Lipinski definition) is 0. The number of methoxy groups -OCH3 is 1. The highest BCUT2D eigenvalue weighted by Crippen LogP contribution is 2.34. The van der Waals surface area contributed by atoms with Crippen LogP contribution in [0.15, 0.2) is 69.6 Å². The molecule has 0 N–H and O–H groups in total. The van der Waals surface area contributed by atoms with Gasteiger partial charge >= 0.3 is 11.9 Å². The lowest BCUT2D eigenvalue weighted by Crippen LogP contribution is -2.41. The normalized spacial score (nSPS) is 17.6. The molecule has 3 heterocycles. The van der Waals surface area contributed by atoms with Crippen molar-refractivity contribution in [2.75, 3.05) is 25.7 Å². The van der Waals surface area contributed by atoms with Crippen LogP contribution in [0.4, 0.5) is 5.69 Å². The third-order valence-electron chi connectivity index (χ3n) is 6.69. The first-order valence-corrected chi connectivity index (χ1v) is 13.2. The molecular weight excluding hydrogens is 518 g/mol. The van der Waals surface area contributed by atoms with Crippen molar-refractivity contribution in [1.82, 2.24) is 4.57 Å². The van der Waals surface area contributed by atoms with Crippen LogP contribution in [-0.4, -0.2) is 43.2 Å². The van der Waals surface area contributed by atoms with E-state index in [0.717, 1.165) is 11.3 Å². The molecule has 1 atom stereocenters. The fraction of sp³-hybridized carbons (Fsp3) is 0.276. The number of carbonyl (C=O) groups is 3. The van der Waals surface area contributed by atoms with Crippen LogP contribution in [-0.2, 0) is 19.1 Å². The van der Waals surface area contributed by atoms with Gasteiger partial charge in [0.15, 0.2) is 4.80 Å². The molecule has 5 rings (SSSR count). The van der Waals surface area contributed by atoms with Gasteiger partial charge in [-0.05, 0) is 36.6 Å². The van der Waals surface area contributed by atoms with Crippen LogP contribution < -0.4 is 19.8 Å². The number of fused-ring (bicyclic) bond motifs is 2. The number of thiazole rings is 1. The van der Waals surface area contributed by atoms with E-state index in [1.165, 1.54) is 16.6 Å². The first-order chi connectivity index (χ1) is 18.6. The number of hydrogen-bond acceptors (Lipinski definition) is 8. The van der Waals surface area contributed by atoms with Crippen LogP contribution >= 0.6 is 11.3 Å². The van der Waals surface area contributed by atoms with E-state index in [0.29, 0.717) is 38.4 Å². The van der Waals surface area contributed by atoms with Crippen molar-refractivity contribution in [1.29, 1.82) is 0 Å². The Labute approximate surface area is 228 Å². The molecule has 0 spiro atoms. The molecule has 200 valence electrons. The topological polar surface area (TPSA) is 107 Å². The number of ether oxygens (including phenoxy) is 2. The number of esters is 2. The molecule has 2 aromatic carbocycles. The second-order valence-electron chi connectivity index (χ2n) is 9.76. The zero-order chi connectivity index (χ0) is 28.0. The molecule has 1 unspecified atom stereocenters. The third-order valence-corrected chi connectivity index (χ3v) is 7.75. The number of para-hydroxylation sites is 1. The summed E-state index contributed by atoms with van der Waals surface area (Å²) < 4.78 is 12.1. The third kappa shape index (κ3) is 4.40. The monoisotopic (exact) mass is 545 g/mol. The maximum absolute atomic E-state index is 14.1. The molecule has 0 radical (unpaired) electrons. The second kappa shape index (κ2) is 10.1. The Morgan fingerprint density at radius 2 is 1.74 bits per heavy atom. The van der Waals surface area contributed by atoms with E-state index >= 15 is 0 Å². The van der Waals surface area contributed by atoms with Gasteiger partial charge in [0.05, 0.1) is 47.9 Å². The summed E-state index contributed by atoms with van der Waals surface area (Å²) in [6.07, 6.45) is 0. The zero-order valence-corrected chi connectivity index (χ0v) is 23.0. The minimum absolute atomic E-state index is 0.112. The van der Waals surface area contributed by atoms with Gasteiger partial charge in [-0.25, -0.2) is 14.6 Å². The lowest BCUT2D eigenvalue weighted by molar-refractivity contribution is -0.140. The van der Waals surface area contributed by atoms with Gasteiger partial charge < -0.3 is 14.4 Å². The van der Waals surface area contributed by atoms with E-state index in [1.54, 1.807) is 38.2 Å². The van der Waals surface area contributed by atoms with Crippen LogP contribution in [0.25, 0.3) is 5.57 Å². The molecule has 0 aliphatic carbocycles. The van der Waals surface area contributed by atoms with Crippen LogP contribution in [0.3, 0.4) is 0 Å². The zero-order valence-electron chi connectivity index (χ0n) is 22.2. The van der Waals surface area contributed by atoms with Crippen LogP contribution in [0.5, 0.6) is 0 Å². The van der Waals surface area contributed by atoms with Crippen molar-refractivity contribution < 1.29 is 23.9 Å². The molecular formula is C29H27N3O6S. The number of likely N-dealkylation sites (N-methyl/N-ethyl adjacent to an activating group) is 1. The van der Waals surface area contributed by atoms with Crippen molar-refractivity contribution in [3.8, 4) is 0 Å². The van der Waals surface area contributed by atoms with E-state index in [2.05, 4.69) is 4.99 Å². The van der Waals surface area contributed by atoms with Gasteiger partial charge in [-0.1, -0.05) is 55.5 Å². The summed E-state index contributed by atoms with van der Waals surface area (Å²) in [5.41, 5.74) is 2.81. The average Bonchev–Trinajstić information content (AvgIpc) is 3.38. The molecule has 2 aliphatic heterocycles. The van der Waals surface area contributed by atoms with Crippen molar-refractivity contribution in [3.63, 3.8) is 0 Å². The molecule has 0 saturated heterocycles. The van der Waals surface area contributed by atoms with Gasteiger partial charge in [0.1, 0.15) is 4.53 Å². The highest BCUT2D eigenvalue weighted by atomic mass is 32.1. The smallest absolute Gasteiger partial charge is 0.338 e. The van der Waals surface area contributed by atoms with Gasteiger partial charge in [0, 0.05) is 12.6 Å². The molecule has 1 amide bonds. The van der Waals surface area contributed by atoms with E-state index in [-0.39, 0.29) is 28.5 Å². The number of allylic oxidation sites excluding steroid dienone is 1. The Balaban J connectivity index is 1.75. The molecule has 2 aliphatic rings. The number of rotatable bonds is 5. The highest BCUT2D eigenvalue weighted by molar-refractivity contribution is 7.07. The predicted molar refractivity (Wildman–Crippen MR) is 146 cm³/mol. The summed E-state index contributed by atoms with van der Waals surface area (Å²) in [6.45, 7) is 5.77. The Morgan fingerprint density at radius 1 is 1.05 bits per heavy atom. The first kappa shape index (κ1) is 26.3. The van der Waals surface area contributed by atoms with Gasteiger partial charge in [0.2, 0.25) is 0 Å². The second-order valence-corrected chi connectivity index (χ2v) is 10.7. The number of nitrogens with zero attached hydrogens (tertiary/aromatic N) is 3. The Bertz CT molecular complexity index is 1730. The first-order valence-electron chi connectivity index (χ1n) is 12.4. The molecule has 1 aromatic heterocycles. The fourth-order valence-corrected chi connectivity index (χ4v) is 5.91. The maximum atomic E-state index is 14.1. The molecule has 0 saturated carbocycles. The van der Waals surface area contributed by atoms with Gasteiger partial charge in [-0.2, -0.15) is 0 Å². The quantitative estimate of drug-likeness (QED) is 0.456. The summed E-state index contributed by atoms with van der Waals surface area (Å²) in [4.78, 5) is 59.3. The molecule has 0 bridgehead atoms. The van der Waals surface area contributed by atoms with Crippen molar-refractivity contribution >= 4 is 40.4 Å². The van der Waals surface area contributed by atoms with E-state index in [1.807, 2.05) is 38.1 Å². The lowest BCUT2D eigenvalue weighted by atomic mass is 9.95. The minimum Gasteiger partial charge on any atom is -0.465 e. The van der Waals surface area contributed by atoms with E-state index in [4.69, 9.17) is 9.47 Å². The molecule has 0 fully saturated rings. The van der Waals surface area contributed by atoms with Crippen LogP contribution in [0.2, 0.25) is 0 Å². The highest BCUT2D eigenvalue weighted by Gasteiger charge is 2.36. The van der Waals surface area contributed by atoms with E-state index < -0.39 is 23.5 Å².